The van der Waals surface area contributed by atoms with Gasteiger partial charge in [0.05, 0.1) is 0 Å². The van der Waals surface area contributed by atoms with Crippen LogP contribution in [0.3, 0.4) is 0 Å². The zero-order valence-corrected chi connectivity index (χ0v) is 22.4. The van der Waals surface area contributed by atoms with Gasteiger partial charge in [-0.3, -0.25) is 9.59 Å². The molecule has 0 aromatic heterocycles. The van der Waals surface area contributed by atoms with E-state index in [9.17, 15) is 9.59 Å². The molecule has 0 heterocycles. The first-order chi connectivity index (χ1) is 18.4. The molecule has 38 heavy (non-hydrogen) atoms. The van der Waals surface area contributed by atoms with Gasteiger partial charge in [0.1, 0.15) is 11.8 Å². The van der Waals surface area contributed by atoms with Gasteiger partial charge in [-0.1, -0.05) is 103 Å². The van der Waals surface area contributed by atoms with Gasteiger partial charge in [0.2, 0.25) is 5.91 Å². The molecule has 4 aromatic rings. The fourth-order valence-electron chi connectivity index (χ4n) is 4.55. The molecule has 0 spiro atoms. The van der Waals surface area contributed by atoms with Crippen molar-refractivity contribution in [1.29, 1.82) is 0 Å². The van der Waals surface area contributed by atoms with E-state index in [0.717, 1.165) is 33.9 Å². The molecule has 5 heteroatoms. The van der Waals surface area contributed by atoms with Gasteiger partial charge in [-0.15, -0.1) is 0 Å². The normalized spacial score (nSPS) is 12.5. The van der Waals surface area contributed by atoms with Crippen LogP contribution in [0.5, 0.6) is 5.75 Å². The van der Waals surface area contributed by atoms with Crippen LogP contribution in [0.15, 0.2) is 97.1 Å². The molecular weight excluding hydrogens is 472 g/mol. The lowest BCUT2D eigenvalue weighted by Gasteiger charge is -2.32. The molecule has 2 amide bonds. The molecule has 0 unspecified atom stereocenters. The first-order valence-electron chi connectivity index (χ1n) is 13.2. The monoisotopic (exact) mass is 508 g/mol. The summed E-state index contributed by atoms with van der Waals surface area (Å²) >= 11 is 0. The predicted molar refractivity (Wildman–Crippen MR) is 153 cm³/mol. The SMILES string of the molecule is CC[C@@H](C)NC(=O)[C@H](Cc1ccccc1)N(Cc1cccc(C)c1)C(=O)COc1cccc2ccccc12. The van der Waals surface area contributed by atoms with Crippen molar-refractivity contribution in [2.45, 2.75) is 52.2 Å². The number of hydrogen-bond acceptors (Lipinski definition) is 3. The molecule has 0 radical (unpaired) electrons. The van der Waals surface area contributed by atoms with Crippen LogP contribution >= 0.6 is 0 Å². The van der Waals surface area contributed by atoms with Gasteiger partial charge in [-0.05, 0) is 42.8 Å². The van der Waals surface area contributed by atoms with Crippen LogP contribution in [-0.2, 0) is 22.6 Å². The Morgan fingerprint density at radius 1 is 0.868 bits per heavy atom. The van der Waals surface area contributed by atoms with E-state index in [1.165, 1.54) is 0 Å². The van der Waals surface area contributed by atoms with Crippen LogP contribution < -0.4 is 10.1 Å². The largest absolute Gasteiger partial charge is 0.483 e. The number of aryl methyl sites for hydroxylation is 1. The van der Waals surface area contributed by atoms with Crippen molar-refractivity contribution in [2.24, 2.45) is 0 Å². The van der Waals surface area contributed by atoms with Gasteiger partial charge in [0.15, 0.2) is 6.61 Å². The van der Waals surface area contributed by atoms with Crippen LogP contribution in [0.2, 0.25) is 0 Å². The lowest BCUT2D eigenvalue weighted by Crippen LogP contribution is -2.53. The van der Waals surface area contributed by atoms with Gasteiger partial charge in [0.25, 0.3) is 5.91 Å². The summed E-state index contributed by atoms with van der Waals surface area (Å²) in [6.07, 6.45) is 1.22. The third-order valence-corrected chi connectivity index (χ3v) is 6.81. The van der Waals surface area contributed by atoms with Crippen molar-refractivity contribution in [3.63, 3.8) is 0 Å². The minimum atomic E-state index is -0.685. The lowest BCUT2D eigenvalue weighted by atomic mass is 10.0. The van der Waals surface area contributed by atoms with Crippen molar-refractivity contribution < 1.29 is 14.3 Å². The van der Waals surface area contributed by atoms with Crippen LogP contribution in [0.4, 0.5) is 0 Å². The maximum absolute atomic E-state index is 13.9. The van der Waals surface area contributed by atoms with Crippen LogP contribution in [-0.4, -0.2) is 35.4 Å². The Hall–Kier alpha value is -4.12. The summed E-state index contributed by atoms with van der Waals surface area (Å²) in [6, 6.07) is 30.9. The highest BCUT2D eigenvalue weighted by atomic mass is 16.5. The molecule has 4 rings (SSSR count). The number of benzene rings is 4. The molecule has 0 aliphatic rings. The number of fused-ring (bicyclic) bond motifs is 1. The molecule has 5 nitrogen and oxygen atoms in total. The average Bonchev–Trinajstić information content (AvgIpc) is 2.94. The number of rotatable bonds is 11. The smallest absolute Gasteiger partial charge is 0.261 e. The third kappa shape index (κ3) is 7.00. The van der Waals surface area contributed by atoms with E-state index in [-0.39, 0.29) is 24.5 Å². The van der Waals surface area contributed by atoms with Gasteiger partial charge in [-0.2, -0.15) is 0 Å². The minimum absolute atomic E-state index is 0.00336. The maximum Gasteiger partial charge on any atom is 0.261 e. The summed E-state index contributed by atoms with van der Waals surface area (Å²) in [6.45, 7) is 6.18. The second kappa shape index (κ2) is 12.9. The molecule has 2 atom stereocenters. The fourth-order valence-corrected chi connectivity index (χ4v) is 4.55. The maximum atomic E-state index is 13.9. The second-order valence-corrected chi connectivity index (χ2v) is 9.80. The Bertz CT molecular complexity index is 1360. The number of nitrogens with one attached hydrogen (secondary N) is 1. The van der Waals surface area contributed by atoms with Crippen molar-refractivity contribution in [2.75, 3.05) is 6.61 Å². The van der Waals surface area contributed by atoms with Crippen molar-refractivity contribution in [3.05, 3.63) is 114 Å². The van der Waals surface area contributed by atoms with E-state index in [4.69, 9.17) is 4.74 Å². The summed E-state index contributed by atoms with van der Waals surface area (Å²) in [5.74, 6) is 0.254. The van der Waals surface area contributed by atoms with E-state index in [0.29, 0.717) is 18.7 Å². The number of carbonyl (C=O) groups excluding carboxylic acids is 2. The van der Waals surface area contributed by atoms with Gasteiger partial charge in [-0.25, -0.2) is 0 Å². The standard InChI is InChI=1S/C33H36N2O3/c1-4-25(3)34-33(37)30(21-26-13-6-5-7-14-26)35(22-27-15-10-12-24(2)20-27)32(36)23-38-31-19-11-17-28-16-8-9-18-29(28)31/h5-20,25,30H,4,21-23H2,1-3H3,(H,34,37)/t25-,30+/m1/s1. The highest BCUT2D eigenvalue weighted by molar-refractivity contribution is 5.90. The van der Waals surface area contributed by atoms with E-state index in [1.54, 1.807) is 4.90 Å². The third-order valence-electron chi connectivity index (χ3n) is 6.81. The molecule has 1 N–H and O–H groups in total. The second-order valence-electron chi connectivity index (χ2n) is 9.80. The van der Waals surface area contributed by atoms with E-state index in [2.05, 4.69) is 11.4 Å². The first-order valence-corrected chi connectivity index (χ1v) is 13.2. The number of hydrogen-bond donors (Lipinski definition) is 1. The summed E-state index contributed by atoms with van der Waals surface area (Å²) in [4.78, 5) is 29.1. The Morgan fingerprint density at radius 2 is 1.55 bits per heavy atom. The molecule has 0 fully saturated rings. The van der Waals surface area contributed by atoms with E-state index in [1.807, 2.05) is 112 Å². The summed E-state index contributed by atoms with van der Waals surface area (Å²) in [7, 11) is 0. The minimum Gasteiger partial charge on any atom is -0.483 e. The van der Waals surface area contributed by atoms with Crippen LogP contribution in [0, 0.1) is 6.92 Å². The summed E-state index contributed by atoms with van der Waals surface area (Å²) in [5.41, 5.74) is 3.07. The molecule has 0 aliphatic heterocycles. The zero-order chi connectivity index (χ0) is 26.9. The number of carbonyl (C=O) groups is 2. The van der Waals surface area contributed by atoms with Gasteiger partial charge < -0.3 is 15.0 Å². The molecule has 0 aliphatic carbocycles. The fraction of sp³-hybridized carbons (Fsp3) is 0.273. The Morgan fingerprint density at radius 3 is 2.32 bits per heavy atom. The predicted octanol–water partition coefficient (Wildman–Crippen LogP) is 6.08. The average molecular weight is 509 g/mol. The molecule has 0 saturated heterocycles. The van der Waals surface area contributed by atoms with Gasteiger partial charge in [0, 0.05) is 24.4 Å². The summed E-state index contributed by atoms with van der Waals surface area (Å²) < 4.78 is 6.08. The Kier molecular flexibility index (Phi) is 9.15. The van der Waals surface area contributed by atoms with Crippen LogP contribution in [0.1, 0.15) is 37.0 Å². The van der Waals surface area contributed by atoms with Crippen LogP contribution in [0.25, 0.3) is 10.8 Å². The highest BCUT2D eigenvalue weighted by Gasteiger charge is 2.31. The highest BCUT2D eigenvalue weighted by Crippen LogP contribution is 2.25. The topological polar surface area (TPSA) is 58.6 Å². The zero-order valence-electron chi connectivity index (χ0n) is 22.4. The molecule has 0 saturated carbocycles. The van der Waals surface area contributed by atoms with Crippen molar-refractivity contribution in [3.8, 4) is 5.75 Å². The Balaban J connectivity index is 1.65. The first kappa shape index (κ1) is 26.9. The quantitative estimate of drug-likeness (QED) is 0.267. The van der Waals surface area contributed by atoms with E-state index >= 15 is 0 Å². The van der Waals surface area contributed by atoms with Crippen molar-refractivity contribution >= 4 is 22.6 Å². The van der Waals surface area contributed by atoms with Crippen molar-refractivity contribution in [1.82, 2.24) is 10.2 Å². The molecular formula is C33H36N2O3. The molecule has 0 bridgehead atoms. The van der Waals surface area contributed by atoms with Gasteiger partial charge >= 0.3 is 0 Å². The summed E-state index contributed by atoms with van der Waals surface area (Å²) in [5, 5.41) is 5.10. The van der Waals surface area contributed by atoms with E-state index < -0.39 is 6.04 Å². The molecule has 196 valence electrons. The molecule has 4 aromatic carbocycles. The number of ether oxygens (including phenoxy) is 1. The lowest BCUT2D eigenvalue weighted by molar-refractivity contribution is -0.143. The number of amides is 2. The Labute approximate surface area is 225 Å². The number of nitrogens with zero attached hydrogens (tertiary/aromatic N) is 1.